The van der Waals surface area contributed by atoms with Gasteiger partial charge in [-0.25, -0.2) is 9.18 Å². The summed E-state index contributed by atoms with van der Waals surface area (Å²) in [5, 5.41) is 10.3. The molecule has 1 spiro atoms. The lowest BCUT2D eigenvalue weighted by Gasteiger charge is -2.44. The van der Waals surface area contributed by atoms with Crippen LogP contribution in [-0.2, 0) is 11.3 Å². The lowest BCUT2D eigenvalue weighted by Crippen LogP contribution is -2.57. The van der Waals surface area contributed by atoms with Crippen LogP contribution in [0.1, 0.15) is 49.3 Å². The summed E-state index contributed by atoms with van der Waals surface area (Å²) in [6.45, 7) is 7.63. The van der Waals surface area contributed by atoms with Crippen LogP contribution in [0.15, 0.2) is 30.3 Å². The lowest BCUT2D eigenvalue weighted by atomic mass is 9.85. The number of rotatable bonds is 6. The Balaban J connectivity index is 1.46. The molecular weight excluding hydrogens is 503 g/mol. The number of carbonyl (C=O) groups excluding carboxylic acids is 2. The number of nitrogens with zero attached hydrogens (tertiary/aromatic N) is 4. The Morgan fingerprint density at radius 2 is 1.90 bits per heavy atom. The summed E-state index contributed by atoms with van der Waals surface area (Å²) in [6.07, 6.45) is 1.06. The summed E-state index contributed by atoms with van der Waals surface area (Å²) >= 11 is 0. The molecular formula is C28H37FN6O4. The fourth-order valence-electron chi connectivity index (χ4n) is 5.89. The van der Waals surface area contributed by atoms with Gasteiger partial charge in [0.2, 0.25) is 5.88 Å². The van der Waals surface area contributed by atoms with Crippen molar-refractivity contribution in [1.82, 2.24) is 25.6 Å². The molecule has 0 bridgehead atoms. The summed E-state index contributed by atoms with van der Waals surface area (Å²) in [5.74, 6) is 0.534. The number of ether oxygens (including phenoxy) is 1. The Kier molecular flexibility index (Phi) is 7.25. The third-order valence-electron chi connectivity index (χ3n) is 8.31. The fourth-order valence-corrected chi connectivity index (χ4v) is 5.89. The zero-order chi connectivity index (χ0) is 27.9. The zero-order valence-electron chi connectivity index (χ0n) is 23.0. The molecule has 0 saturated carbocycles. The number of hydrogen-bond donors (Lipinski definition) is 3. The molecule has 10 nitrogen and oxygen atoms in total. The molecule has 3 fully saturated rings. The van der Waals surface area contributed by atoms with Gasteiger partial charge in [0.15, 0.2) is 0 Å². The number of nitrogens with one attached hydrogen (secondary N) is 2. The SMILES string of the molecule is COc1nc(N2CC3(CCN(C(=O)C(C)(C)O)CC3)N(Cc3cccc(F)c3C)C2=O)ccc1C1CNNC1. The average molecular weight is 541 g/mol. The van der Waals surface area contributed by atoms with E-state index in [9.17, 15) is 19.1 Å². The summed E-state index contributed by atoms with van der Waals surface area (Å²) in [6, 6.07) is 8.52. The second-order valence-corrected chi connectivity index (χ2v) is 11.3. The number of aliphatic hydroxyl groups is 1. The van der Waals surface area contributed by atoms with Gasteiger partial charge in [0.1, 0.15) is 17.2 Å². The second kappa shape index (κ2) is 10.4. The van der Waals surface area contributed by atoms with Gasteiger partial charge in [-0.05, 0) is 62.9 Å². The number of amides is 3. The van der Waals surface area contributed by atoms with E-state index in [-0.39, 0.29) is 30.2 Å². The molecule has 0 radical (unpaired) electrons. The van der Waals surface area contributed by atoms with Crippen LogP contribution in [0.3, 0.4) is 0 Å². The smallest absolute Gasteiger partial charge is 0.326 e. The fraction of sp³-hybridized carbons (Fsp3) is 0.536. The largest absolute Gasteiger partial charge is 0.481 e. The van der Waals surface area contributed by atoms with Crippen molar-refractivity contribution in [3.63, 3.8) is 0 Å². The van der Waals surface area contributed by atoms with Crippen LogP contribution in [0.5, 0.6) is 5.88 Å². The maximum Gasteiger partial charge on any atom is 0.326 e. The molecule has 3 aliphatic rings. The van der Waals surface area contributed by atoms with Crippen molar-refractivity contribution in [2.75, 3.05) is 44.7 Å². The number of anilines is 1. The lowest BCUT2D eigenvalue weighted by molar-refractivity contribution is -0.150. The number of aromatic nitrogens is 1. The maximum absolute atomic E-state index is 14.4. The van der Waals surface area contributed by atoms with E-state index in [2.05, 4.69) is 10.9 Å². The van der Waals surface area contributed by atoms with Gasteiger partial charge in [-0.2, -0.15) is 4.98 Å². The van der Waals surface area contributed by atoms with Gasteiger partial charge >= 0.3 is 6.03 Å². The number of piperidine rings is 1. The average Bonchev–Trinajstić information content (AvgIpc) is 3.54. The van der Waals surface area contributed by atoms with Crippen LogP contribution in [0.4, 0.5) is 15.0 Å². The van der Waals surface area contributed by atoms with E-state index in [1.807, 2.05) is 23.1 Å². The Bertz CT molecular complexity index is 1250. The van der Waals surface area contributed by atoms with Crippen LogP contribution in [-0.4, -0.2) is 82.8 Å². The third kappa shape index (κ3) is 5.06. The van der Waals surface area contributed by atoms with E-state index in [1.165, 1.54) is 19.9 Å². The highest BCUT2D eigenvalue weighted by Crippen LogP contribution is 2.40. The van der Waals surface area contributed by atoms with Gasteiger partial charge in [0.05, 0.1) is 19.2 Å². The summed E-state index contributed by atoms with van der Waals surface area (Å²) in [4.78, 5) is 36.7. The number of hydrazine groups is 1. The van der Waals surface area contributed by atoms with Crippen LogP contribution in [0.25, 0.3) is 0 Å². The van der Waals surface area contributed by atoms with Crippen molar-refractivity contribution in [2.45, 2.75) is 57.2 Å². The summed E-state index contributed by atoms with van der Waals surface area (Å²) in [7, 11) is 1.58. The number of likely N-dealkylation sites (tertiary alicyclic amines) is 1. The minimum Gasteiger partial charge on any atom is -0.481 e. The zero-order valence-corrected chi connectivity index (χ0v) is 23.0. The number of hydrogen-bond acceptors (Lipinski definition) is 7. The first-order chi connectivity index (χ1) is 18.5. The van der Waals surface area contributed by atoms with Gasteiger partial charge in [0, 0.05) is 44.2 Å². The van der Waals surface area contributed by atoms with Gasteiger partial charge < -0.3 is 19.6 Å². The quantitative estimate of drug-likeness (QED) is 0.516. The van der Waals surface area contributed by atoms with Crippen LogP contribution in [0, 0.1) is 12.7 Å². The highest BCUT2D eigenvalue weighted by molar-refractivity contribution is 5.94. The Labute approximate surface area is 228 Å². The molecule has 1 aromatic heterocycles. The van der Waals surface area contributed by atoms with Crippen molar-refractivity contribution >= 4 is 17.8 Å². The van der Waals surface area contributed by atoms with E-state index in [4.69, 9.17) is 9.72 Å². The Morgan fingerprint density at radius 1 is 1.21 bits per heavy atom. The number of benzene rings is 1. The van der Waals surface area contributed by atoms with Gasteiger partial charge in [-0.1, -0.05) is 12.1 Å². The van der Waals surface area contributed by atoms with Crippen LogP contribution < -0.4 is 20.5 Å². The molecule has 5 rings (SSSR count). The molecule has 0 unspecified atom stereocenters. The molecule has 2 aromatic rings. The summed E-state index contributed by atoms with van der Waals surface area (Å²) in [5.41, 5.74) is 6.40. The Hall–Kier alpha value is -3.28. The minimum absolute atomic E-state index is 0.201. The number of halogens is 1. The molecule has 3 aliphatic heterocycles. The molecule has 39 heavy (non-hydrogen) atoms. The standard InChI is InChI=1S/C28H37FN6O4/c1-18-19(6-5-7-22(18)29)16-35-26(37)34(17-28(35)10-12-33(13-11-28)25(36)27(2,3)38)23-9-8-21(24(32-23)39-4)20-14-30-31-15-20/h5-9,20,30-31,38H,10-17H2,1-4H3. The van der Waals surface area contributed by atoms with Crippen molar-refractivity contribution in [1.29, 1.82) is 0 Å². The van der Waals surface area contributed by atoms with Gasteiger partial charge in [-0.3, -0.25) is 20.5 Å². The van der Waals surface area contributed by atoms with Crippen molar-refractivity contribution in [2.24, 2.45) is 0 Å². The molecule has 11 heteroatoms. The van der Waals surface area contributed by atoms with E-state index >= 15 is 0 Å². The second-order valence-electron chi connectivity index (χ2n) is 11.3. The highest BCUT2D eigenvalue weighted by Gasteiger charge is 2.52. The number of pyridine rings is 1. The van der Waals surface area contributed by atoms with E-state index in [0.29, 0.717) is 49.7 Å². The molecule has 210 valence electrons. The van der Waals surface area contributed by atoms with Crippen molar-refractivity contribution < 1.29 is 23.8 Å². The highest BCUT2D eigenvalue weighted by atomic mass is 19.1. The predicted octanol–water partition coefficient (Wildman–Crippen LogP) is 2.30. The molecule has 0 atom stereocenters. The monoisotopic (exact) mass is 540 g/mol. The number of urea groups is 1. The number of methoxy groups -OCH3 is 1. The van der Waals surface area contributed by atoms with Crippen LogP contribution in [0.2, 0.25) is 0 Å². The van der Waals surface area contributed by atoms with Gasteiger partial charge in [0.25, 0.3) is 5.91 Å². The van der Waals surface area contributed by atoms with Crippen molar-refractivity contribution in [3.8, 4) is 5.88 Å². The predicted molar refractivity (Wildman–Crippen MR) is 144 cm³/mol. The van der Waals surface area contributed by atoms with E-state index < -0.39 is 11.1 Å². The molecule has 3 N–H and O–H groups in total. The first kappa shape index (κ1) is 27.3. The number of carbonyl (C=O) groups is 2. The van der Waals surface area contributed by atoms with Crippen LogP contribution >= 0.6 is 0 Å². The summed E-state index contributed by atoms with van der Waals surface area (Å²) < 4.78 is 20.0. The minimum atomic E-state index is -1.47. The Morgan fingerprint density at radius 3 is 2.54 bits per heavy atom. The topological polar surface area (TPSA) is 110 Å². The first-order valence-electron chi connectivity index (χ1n) is 13.4. The first-order valence-corrected chi connectivity index (χ1v) is 13.4. The van der Waals surface area contributed by atoms with Crippen molar-refractivity contribution in [3.05, 3.63) is 52.8 Å². The van der Waals surface area contributed by atoms with E-state index in [0.717, 1.165) is 24.2 Å². The van der Waals surface area contributed by atoms with E-state index in [1.54, 1.807) is 29.9 Å². The molecule has 1 aromatic carbocycles. The molecule has 3 saturated heterocycles. The molecule has 4 heterocycles. The third-order valence-corrected chi connectivity index (χ3v) is 8.31. The normalized spacial score (nSPS) is 19.8. The maximum atomic E-state index is 14.4. The van der Waals surface area contributed by atoms with Gasteiger partial charge in [-0.15, -0.1) is 0 Å². The molecule has 0 aliphatic carbocycles. The molecule has 3 amide bonds.